The van der Waals surface area contributed by atoms with Crippen molar-refractivity contribution >= 4 is 82.9 Å². The van der Waals surface area contributed by atoms with E-state index in [0.717, 1.165) is 11.3 Å². The second kappa shape index (κ2) is 40.8. The molecule has 0 saturated carbocycles. The summed E-state index contributed by atoms with van der Waals surface area (Å²) in [6.07, 6.45) is 2.20. The normalized spacial score (nSPS) is 17.1. The van der Waals surface area contributed by atoms with E-state index in [0.29, 0.717) is 37.8 Å². The van der Waals surface area contributed by atoms with Crippen LogP contribution in [0.4, 0.5) is 0 Å². The number of carboxylic acids is 1. The zero-order valence-electron chi connectivity index (χ0n) is 53.4. The van der Waals surface area contributed by atoms with Crippen LogP contribution in [-0.4, -0.2) is 210 Å². The van der Waals surface area contributed by atoms with E-state index in [2.05, 4.69) is 57.5 Å². The molecule has 2 heterocycles. The molecule has 3 rings (SSSR count). The summed E-state index contributed by atoms with van der Waals surface area (Å²) in [7, 11) is 0. The Bertz CT molecular complexity index is 2700. The van der Waals surface area contributed by atoms with E-state index in [1.807, 2.05) is 0 Å². The predicted octanol–water partition coefficient (Wildman–Crippen LogP) is -4.82. The lowest BCUT2D eigenvalue weighted by atomic mass is 10.0. The Morgan fingerprint density at radius 3 is 1.60 bits per heavy atom. The van der Waals surface area contributed by atoms with E-state index in [9.17, 15) is 63.0 Å². The van der Waals surface area contributed by atoms with Gasteiger partial charge in [0.05, 0.1) is 19.2 Å². The smallest absolute Gasteiger partial charge is 0.326 e. The molecule has 92 heavy (non-hydrogen) atoms. The van der Waals surface area contributed by atoms with Crippen molar-refractivity contribution in [2.75, 3.05) is 52.4 Å². The number of guanidine groups is 3. The van der Waals surface area contributed by atoms with Crippen LogP contribution in [0.25, 0.3) is 0 Å². The quantitative estimate of drug-likeness (QED) is 0.0166. The van der Waals surface area contributed by atoms with Crippen molar-refractivity contribution in [2.45, 2.75) is 185 Å². The molecular formula is C59H100N20O13. The molecule has 0 aromatic heterocycles. The summed E-state index contributed by atoms with van der Waals surface area (Å²) in [6, 6.07) is -1.20. The Hall–Kier alpha value is -8.88. The number of amides is 10. The van der Waals surface area contributed by atoms with Crippen molar-refractivity contribution in [3.63, 3.8) is 0 Å². The number of β-amino-alcohol motifs (C(OH)–C–C–N with tert-alkyl or cyclic N) is 1. The molecule has 2 aliphatic heterocycles. The van der Waals surface area contributed by atoms with Gasteiger partial charge in [0.1, 0.15) is 48.3 Å². The molecule has 2 saturated heterocycles. The third-order valence-electron chi connectivity index (χ3n) is 15.0. The van der Waals surface area contributed by atoms with Crippen LogP contribution in [-0.2, 0) is 59.2 Å². The highest BCUT2D eigenvalue weighted by atomic mass is 16.4. The number of unbranched alkanes of at least 4 members (excludes halogenated alkanes) is 2. The van der Waals surface area contributed by atoms with E-state index in [1.165, 1.54) is 4.90 Å². The van der Waals surface area contributed by atoms with Crippen molar-refractivity contribution in [2.24, 2.45) is 66.9 Å². The van der Waals surface area contributed by atoms with Crippen molar-refractivity contribution in [3.05, 3.63) is 35.9 Å². The molecule has 1 aromatic carbocycles. The average Bonchev–Trinajstić information content (AvgIpc) is 1.72. The summed E-state index contributed by atoms with van der Waals surface area (Å²) in [5.74, 6) is -9.31. The molecule has 24 N–H and O–H groups in total. The third kappa shape index (κ3) is 28.9. The standard InChI is InChI=1S/C59H100N20O13/c1-34(2)27-41(49(84)70-31-47(82)74-43(29-36-15-7-5-8-16-36)52(87)77-42(28-35(3)4)51(86)76-40(56(91)92)19-13-25-69-59(65)66)73-48(83)32-71-53(88)45-30-37(80)33-79(45)55(90)44-20-14-26-78(44)54(89)39(18-12-24-68-58(63)64)75-50(85)38(17-11-23-67-57(61)62)72-46(81)21-9-6-10-22-60/h5,7-8,15-16,34-35,37-45,80H,6,9-14,17-33,60H2,1-4H3,(H,70,84)(H,71,88)(H,72,81)(H,73,83)(H,74,82)(H,75,85)(H,76,86)(H,77,87)(H,91,92)(H4,61,62,67)(H4,63,64,68)(H4,65,66,69)/t37-,38-,39+,40+,41+,42+,43-,44+,45+/m1/s1. The number of aliphatic carboxylic acids is 1. The van der Waals surface area contributed by atoms with Crippen LogP contribution < -0.4 is 82.7 Å². The van der Waals surface area contributed by atoms with Gasteiger partial charge in [-0.1, -0.05) is 64.4 Å². The van der Waals surface area contributed by atoms with Gasteiger partial charge < -0.3 is 103 Å². The van der Waals surface area contributed by atoms with Gasteiger partial charge in [-0.3, -0.25) is 62.9 Å². The van der Waals surface area contributed by atoms with Crippen molar-refractivity contribution < 1.29 is 63.0 Å². The fraction of sp³-hybridized carbons (Fsp3) is 0.661. The van der Waals surface area contributed by atoms with Gasteiger partial charge in [0.2, 0.25) is 59.1 Å². The van der Waals surface area contributed by atoms with Gasteiger partial charge in [-0.15, -0.1) is 0 Å². The first-order chi connectivity index (χ1) is 43.6. The molecule has 514 valence electrons. The topological polar surface area (TPSA) is 550 Å². The van der Waals surface area contributed by atoms with Gasteiger partial charge in [-0.25, -0.2) is 4.79 Å². The number of carboxylic acid groups (broad SMARTS) is 1. The first kappa shape index (κ1) is 77.4. The number of aliphatic hydroxyl groups excluding tert-OH is 1. The molecule has 33 nitrogen and oxygen atoms in total. The highest BCUT2D eigenvalue weighted by Gasteiger charge is 2.46. The Balaban J connectivity index is 1.73. The summed E-state index contributed by atoms with van der Waals surface area (Å²) >= 11 is 0. The van der Waals surface area contributed by atoms with Crippen LogP contribution in [0.2, 0.25) is 0 Å². The molecule has 33 heteroatoms. The van der Waals surface area contributed by atoms with Crippen molar-refractivity contribution in [1.29, 1.82) is 0 Å². The van der Waals surface area contributed by atoms with Crippen LogP contribution in [0, 0.1) is 11.8 Å². The number of nitrogens with two attached hydrogens (primary N) is 7. The van der Waals surface area contributed by atoms with E-state index in [4.69, 9.17) is 40.1 Å². The van der Waals surface area contributed by atoms with Gasteiger partial charge in [0.15, 0.2) is 17.9 Å². The highest BCUT2D eigenvalue weighted by molar-refractivity contribution is 5.98. The Labute approximate surface area is 536 Å². The Kier molecular flexibility index (Phi) is 34.3. The lowest BCUT2D eigenvalue weighted by Gasteiger charge is -2.33. The number of nitrogens with one attached hydrogen (secondary N) is 8. The highest BCUT2D eigenvalue weighted by Crippen LogP contribution is 2.27. The fourth-order valence-electron chi connectivity index (χ4n) is 10.5. The zero-order valence-corrected chi connectivity index (χ0v) is 53.4. The molecule has 0 radical (unpaired) electrons. The molecule has 0 spiro atoms. The molecular weight excluding hydrogens is 1200 g/mol. The first-order valence-corrected chi connectivity index (χ1v) is 31.4. The number of aliphatic hydroxyl groups is 1. The number of benzene rings is 1. The zero-order chi connectivity index (χ0) is 68.5. The third-order valence-corrected chi connectivity index (χ3v) is 15.0. The maximum absolute atomic E-state index is 14.6. The van der Waals surface area contributed by atoms with Crippen LogP contribution in [0.5, 0.6) is 0 Å². The Morgan fingerprint density at radius 2 is 1.04 bits per heavy atom. The van der Waals surface area contributed by atoms with Crippen LogP contribution in [0.1, 0.15) is 130 Å². The van der Waals surface area contributed by atoms with E-state index in [1.54, 1.807) is 58.0 Å². The number of carbonyl (C=O) groups is 11. The van der Waals surface area contributed by atoms with Gasteiger partial charge in [0, 0.05) is 52.0 Å². The van der Waals surface area contributed by atoms with Gasteiger partial charge >= 0.3 is 5.97 Å². The van der Waals surface area contributed by atoms with E-state index < -0.39 is 133 Å². The number of aliphatic imine (C=N–C) groups is 3. The summed E-state index contributed by atoms with van der Waals surface area (Å²) in [6.45, 7) is 6.45. The molecule has 0 bridgehead atoms. The molecule has 2 aliphatic rings. The minimum absolute atomic E-state index is 0.0173. The van der Waals surface area contributed by atoms with Gasteiger partial charge in [-0.2, -0.15) is 0 Å². The summed E-state index contributed by atoms with van der Waals surface area (Å²) in [5.41, 5.74) is 39.0. The molecule has 9 atom stereocenters. The molecule has 1 aromatic rings. The van der Waals surface area contributed by atoms with Gasteiger partial charge in [0.25, 0.3) is 0 Å². The van der Waals surface area contributed by atoms with Crippen LogP contribution in [0.15, 0.2) is 45.3 Å². The summed E-state index contributed by atoms with van der Waals surface area (Å²) in [4.78, 5) is 165. The second-order valence-corrected chi connectivity index (χ2v) is 23.8. The maximum atomic E-state index is 14.6. The predicted molar refractivity (Wildman–Crippen MR) is 342 cm³/mol. The lowest BCUT2D eigenvalue weighted by Crippen LogP contribution is -2.58. The number of carbonyl (C=O) groups excluding carboxylic acids is 10. The molecule has 0 aliphatic carbocycles. The molecule has 2 fully saturated rings. The SMILES string of the molecule is CC(C)C[C@H](NC(=O)CNC(=O)[C@@H]1C[C@@H](O)CN1C(=O)[C@@H]1CCCN1C(=O)[C@H](CCCN=C(N)N)NC(=O)[C@@H](CCCN=C(N)N)NC(=O)CCCCCN)C(=O)NCC(=O)N[C@H](Cc1ccccc1)C(=O)N[C@@H](CC(C)C)C(=O)N[C@@H](CCCN=C(N)N)C(=O)O. The second-order valence-electron chi connectivity index (χ2n) is 23.8. The minimum Gasteiger partial charge on any atom is -0.480 e. The van der Waals surface area contributed by atoms with Crippen molar-refractivity contribution in [3.8, 4) is 0 Å². The molecule has 10 amide bonds. The number of hydrogen-bond acceptors (Lipinski definition) is 16. The Morgan fingerprint density at radius 1 is 0.554 bits per heavy atom. The summed E-state index contributed by atoms with van der Waals surface area (Å²) in [5, 5.41) is 41.6. The van der Waals surface area contributed by atoms with Gasteiger partial charge in [-0.05, 0) is 101 Å². The van der Waals surface area contributed by atoms with E-state index >= 15 is 0 Å². The van der Waals surface area contributed by atoms with E-state index in [-0.39, 0.29) is 133 Å². The van der Waals surface area contributed by atoms with Crippen LogP contribution >= 0.6 is 0 Å². The summed E-state index contributed by atoms with van der Waals surface area (Å²) < 4.78 is 0. The fourth-order valence-corrected chi connectivity index (χ4v) is 10.5. The number of rotatable bonds is 41. The monoisotopic (exact) mass is 1300 g/mol. The average molecular weight is 1300 g/mol. The molecule has 0 unspecified atom stereocenters. The van der Waals surface area contributed by atoms with Crippen LogP contribution in [0.3, 0.4) is 0 Å². The number of likely N-dealkylation sites (tertiary alicyclic amines) is 2. The minimum atomic E-state index is -1.33. The maximum Gasteiger partial charge on any atom is 0.326 e. The number of nitrogens with zero attached hydrogens (tertiary/aromatic N) is 5. The lowest BCUT2D eigenvalue weighted by molar-refractivity contribution is -0.148. The van der Waals surface area contributed by atoms with Crippen molar-refractivity contribution in [1.82, 2.24) is 52.3 Å². The largest absolute Gasteiger partial charge is 0.480 e. The first-order valence-electron chi connectivity index (χ1n) is 31.4. The number of hydrogen-bond donors (Lipinski definition) is 17.